The third-order valence-corrected chi connectivity index (χ3v) is 2.58. The van der Waals surface area contributed by atoms with Crippen LogP contribution in [0.4, 0.5) is 0 Å². The first kappa shape index (κ1) is 8.31. The van der Waals surface area contributed by atoms with Crippen molar-refractivity contribution in [2.24, 2.45) is 17.3 Å². The summed E-state index contributed by atoms with van der Waals surface area (Å²) in [6.45, 7) is 5.92. The van der Waals surface area contributed by atoms with E-state index in [1.165, 1.54) is 0 Å². The smallest absolute Gasteiger partial charge is 0.307 e. The number of carbonyl (C=O) groups is 1. The van der Waals surface area contributed by atoms with Gasteiger partial charge in [-0.3, -0.25) is 4.79 Å². The van der Waals surface area contributed by atoms with Gasteiger partial charge in [0, 0.05) is 0 Å². The van der Waals surface area contributed by atoms with Crippen LogP contribution < -0.4 is 0 Å². The summed E-state index contributed by atoms with van der Waals surface area (Å²) in [6.07, 6.45) is 3.91. The molecule has 0 bridgehead atoms. The summed E-state index contributed by atoms with van der Waals surface area (Å²) in [5.74, 6) is -0.596. The minimum Gasteiger partial charge on any atom is -0.481 e. The monoisotopic (exact) mass is 154 g/mol. The zero-order valence-corrected chi connectivity index (χ0v) is 7.16. The molecule has 0 unspecified atom stereocenters. The largest absolute Gasteiger partial charge is 0.481 e. The van der Waals surface area contributed by atoms with Crippen molar-refractivity contribution in [3.8, 4) is 0 Å². The molecule has 2 atom stereocenters. The predicted molar refractivity (Wildman–Crippen MR) is 43.2 cm³/mol. The molecule has 0 aromatic carbocycles. The van der Waals surface area contributed by atoms with Crippen molar-refractivity contribution in [3.63, 3.8) is 0 Å². The Morgan fingerprint density at radius 3 is 2.36 bits per heavy atom. The lowest BCUT2D eigenvalue weighted by molar-refractivity contribution is -0.139. The number of hydrogen-bond acceptors (Lipinski definition) is 1. The molecule has 2 heteroatoms. The molecule has 0 amide bonds. The number of hydrogen-bond donors (Lipinski definition) is 1. The van der Waals surface area contributed by atoms with E-state index in [0.29, 0.717) is 0 Å². The first-order valence-electron chi connectivity index (χ1n) is 3.87. The van der Waals surface area contributed by atoms with E-state index in [-0.39, 0.29) is 17.3 Å². The minimum atomic E-state index is -0.668. The number of carboxylic acids is 1. The Bertz CT molecular complexity index is 204. The molecule has 11 heavy (non-hydrogen) atoms. The van der Waals surface area contributed by atoms with E-state index in [1.807, 2.05) is 32.9 Å². The first-order valence-corrected chi connectivity index (χ1v) is 3.87. The molecule has 1 rings (SSSR count). The number of aliphatic carboxylic acids is 1. The Labute approximate surface area is 66.9 Å². The Kier molecular flexibility index (Phi) is 1.78. The fraction of sp³-hybridized carbons (Fsp3) is 0.667. The van der Waals surface area contributed by atoms with Gasteiger partial charge in [0.1, 0.15) is 0 Å². The summed E-state index contributed by atoms with van der Waals surface area (Å²) in [7, 11) is 0. The van der Waals surface area contributed by atoms with Crippen LogP contribution in [0.5, 0.6) is 0 Å². The van der Waals surface area contributed by atoms with Crippen molar-refractivity contribution < 1.29 is 9.90 Å². The highest BCUT2D eigenvalue weighted by atomic mass is 16.4. The summed E-state index contributed by atoms with van der Waals surface area (Å²) in [5.41, 5.74) is -0.0294. The SMILES string of the molecule is CC=C[C@@H]1[C@@H](C(=O)O)C1(C)C. The number of rotatable bonds is 2. The molecule has 0 aliphatic heterocycles. The highest BCUT2D eigenvalue weighted by molar-refractivity contribution is 5.76. The molecule has 1 fully saturated rings. The highest BCUT2D eigenvalue weighted by Crippen LogP contribution is 2.58. The molecule has 2 nitrogen and oxygen atoms in total. The zero-order valence-electron chi connectivity index (χ0n) is 7.16. The van der Waals surface area contributed by atoms with Crippen LogP contribution in [0.15, 0.2) is 12.2 Å². The molecule has 62 valence electrons. The van der Waals surface area contributed by atoms with Crippen LogP contribution in [0.3, 0.4) is 0 Å². The van der Waals surface area contributed by atoms with E-state index in [1.54, 1.807) is 0 Å². The maximum Gasteiger partial charge on any atom is 0.307 e. The summed E-state index contributed by atoms with van der Waals surface area (Å²) >= 11 is 0. The molecule has 0 saturated heterocycles. The van der Waals surface area contributed by atoms with Gasteiger partial charge in [-0.15, -0.1) is 0 Å². The zero-order chi connectivity index (χ0) is 8.65. The van der Waals surface area contributed by atoms with Crippen LogP contribution in [0.2, 0.25) is 0 Å². The molecule has 0 aromatic rings. The maximum absolute atomic E-state index is 10.6. The summed E-state index contributed by atoms with van der Waals surface area (Å²) < 4.78 is 0. The van der Waals surface area contributed by atoms with Crippen LogP contribution in [0.1, 0.15) is 20.8 Å². The van der Waals surface area contributed by atoms with Gasteiger partial charge >= 0.3 is 5.97 Å². The predicted octanol–water partition coefficient (Wildman–Crippen LogP) is 1.92. The van der Waals surface area contributed by atoms with Crippen molar-refractivity contribution in [2.75, 3.05) is 0 Å². The van der Waals surface area contributed by atoms with Gasteiger partial charge in [0.2, 0.25) is 0 Å². The van der Waals surface area contributed by atoms with Crippen molar-refractivity contribution in [3.05, 3.63) is 12.2 Å². The molecule has 1 aliphatic rings. The second-order valence-electron chi connectivity index (χ2n) is 3.69. The van der Waals surface area contributed by atoms with Crippen molar-refractivity contribution in [1.82, 2.24) is 0 Å². The van der Waals surface area contributed by atoms with Crippen molar-refractivity contribution in [2.45, 2.75) is 20.8 Å². The van der Waals surface area contributed by atoms with Crippen LogP contribution in [0, 0.1) is 17.3 Å². The number of carboxylic acid groups (broad SMARTS) is 1. The average Bonchev–Trinajstić information content (AvgIpc) is 2.35. The first-order chi connectivity index (χ1) is 5.01. The van der Waals surface area contributed by atoms with Gasteiger partial charge < -0.3 is 5.11 Å². The number of allylic oxidation sites excluding steroid dienone is 2. The lowest BCUT2D eigenvalue weighted by Crippen LogP contribution is -2.02. The quantitative estimate of drug-likeness (QED) is 0.617. The van der Waals surface area contributed by atoms with Crippen molar-refractivity contribution in [1.29, 1.82) is 0 Å². The van der Waals surface area contributed by atoms with E-state index in [4.69, 9.17) is 5.11 Å². The van der Waals surface area contributed by atoms with E-state index in [9.17, 15) is 4.79 Å². The lowest BCUT2D eigenvalue weighted by Gasteiger charge is -1.95. The normalized spacial score (nSPS) is 34.1. The molecule has 0 spiro atoms. The fourth-order valence-corrected chi connectivity index (χ4v) is 1.72. The Hall–Kier alpha value is -0.790. The topological polar surface area (TPSA) is 37.3 Å². The Morgan fingerprint density at radius 1 is 1.55 bits per heavy atom. The van der Waals surface area contributed by atoms with Gasteiger partial charge in [0.25, 0.3) is 0 Å². The van der Waals surface area contributed by atoms with Crippen LogP contribution in [-0.4, -0.2) is 11.1 Å². The second-order valence-corrected chi connectivity index (χ2v) is 3.69. The van der Waals surface area contributed by atoms with Gasteiger partial charge in [-0.1, -0.05) is 26.0 Å². The summed E-state index contributed by atoms with van der Waals surface area (Å²) in [5, 5.41) is 8.75. The van der Waals surface area contributed by atoms with Crippen molar-refractivity contribution >= 4 is 5.97 Å². The third-order valence-electron chi connectivity index (χ3n) is 2.58. The van der Waals surface area contributed by atoms with E-state index in [2.05, 4.69) is 0 Å². The van der Waals surface area contributed by atoms with Crippen LogP contribution >= 0.6 is 0 Å². The fourth-order valence-electron chi connectivity index (χ4n) is 1.72. The Morgan fingerprint density at radius 2 is 2.09 bits per heavy atom. The highest BCUT2D eigenvalue weighted by Gasteiger charge is 2.60. The van der Waals surface area contributed by atoms with Gasteiger partial charge in [-0.05, 0) is 18.3 Å². The molecule has 1 aliphatic carbocycles. The second kappa shape index (κ2) is 2.36. The maximum atomic E-state index is 10.6. The van der Waals surface area contributed by atoms with Crippen LogP contribution in [0.25, 0.3) is 0 Å². The molecule has 0 heterocycles. The summed E-state index contributed by atoms with van der Waals surface area (Å²) in [6, 6.07) is 0. The van der Waals surface area contributed by atoms with E-state index >= 15 is 0 Å². The standard InChI is InChI=1S/C9H14O2/c1-4-5-6-7(8(10)11)9(6,2)3/h4-7H,1-3H3,(H,10,11)/t6-,7+/m1/s1. The van der Waals surface area contributed by atoms with Gasteiger partial charge in [0.15, 0.2) is 0 Å². The lowest BCUT2D eigenvalue weighted by atomic mass is 10.1. The molecule has 1 saturated carbocycles. The molecule has 1 N–H and O–H groups in total. The molecule has 0 radical (unpaired) electrons. The third kappa shape index (κ3) is 1.17. The van der Waals surface area contributed by atoms with E-state index < -0.39 is 5.97 Å². The molecular formula is C9H14O2. The average molecular weight is 154 g/mol. The summed E-state index contributed by atoms with van der Waals surface area (Å²) in [4.78, 5) is 10.6. The van der Waals surface area contributed by atoms with Gasteiger partial charge in [-0.2, -0.15) is 0 Å². The van der Waals surface area contributed by atoms with Gasteiger partial charge in [0.05, 0.1) is 5.92 Å². The van der Waals surface area contributed by atoms with Crippen LogP contribution in [-0.2, 0) is 4.79 Å². The minimum absolute atomic E-state index is 0.0294. The molecule has 0 aromatic heterocycles. The van der Waals surface area contributed by atoms with Gasteiger partial charge in [-0.25, -0.2) is 0 Å². The Balaban J connectivity index is 2.68. The van der Waals surface area contributed by atoms with E-state index in [0.717, 1.165) is 0 Å². The molecular weight excluding hydrogens is 140 g/mol.